The maximum Gasteiger partial charge on any atom is 0.339 e. The highest BCUT2D eigenvalue weighted by Crippen LogP contribution is 2.24. The minimum Gasteiger partial charge on any atom is -0.291 e. The highest BCUT2D eigenvalue weighted by Gasteiger charge is 2.23. The molecule has 0 aromatic carbocycles. The molecule has 1 aromatic heterocycles. The van der Waals surface area contributed by atoms with Gasteiger partial charge in [-0.25, -0.2) is 31.2 Å². The Bertz CT molecular complexity index is 459. The molecule has 110 valence electrons. The van der Waals surface area contributed by atoms with Crippen molar-refractivity contribution in [3.63, 3.8) is 0 Å². The molecule has 0 saturated heterocycles. The summed E-state index contributed by atoms with van der Waals surface area (Å²) in [6.07, 6.45) is 2.67. The molecule has 10 nitrogen and oxygen atoms in total. The summed E-state index contributed by atoms with van der Waals surface area (Å²) >= 11 is 0. The Balaban J connectivity index is 3.17. The van der Waals surface area contributed by atoms with Crippen molar-refractivity contribution in [2.75, 3.05) is 38.0 Å². The van der Waals surface area contributed by atoms with E-state index in [0.29, 0.717) is 5.69 Å². The molecule has 0 unspecified atom stereocenters. The van der Waals surface area contributed by atoms with E-state index in [0.717, 1.165) is 10.0 Å². The summed E-state index contributed by atoms with van der Waals surface area (Å²) in [6, 6.07) is -0.977. The smallest absolute Gasteiger partial charge is 0.291 e. The standard InChI is InChI=1S/C10H18N8O2/c1-15(9(19)17(3)11)7-5-13-6-14-8(7)16(2)10(20)18(4)12/h5-6H,11-12H2,1-4H3. The van der Waals surface area contributed by atoms with Gasteiger partial charge in [0.25, 0.3) is 0 Å². The van der Waals surface area contributed by atoms with Crippen LogP contribution in [0.4, 0.5) is 21.1 Å². The number of hydrazine groups is 2. The number of carbonyl (C=O) groups excluding carboxylic acids is 2. The van der Waals surface area contributed by atoms with Gasteiger partial charge in [-0.05, 0) is 0 Å². The predicted octanol–water partition coefficient (Wildman–Crippen LogP) is -0.800. The van der Waals surface area contributed by atoms with Crippen LogP contribution in [0.5, 0.6) is 0 Å². The second kappa shape index (κ2) is 6.12. The molecule has 4 N–H and O–H groups in total. The number of hydrogen-bond acceptors (Lipinski definition) is 6. The molecule has 4 amide bonds. The van der Waals surface area contributed by atoms with Crippen molar-refractivity contribution >= 4 is 23.6 Å². The number of nitrogens with zero attached hydrogens (tertiary/aromatic N) is 6. The highest BCUT2D eigenvalue weighted by atomic mass is 16.2. The summed E-state index contributed by atoms with van der Waals surface area (Å²) in [4.78, 5) is 34.0. The summed E-state index contributed by atoms with van der Waals surface area (Å²) in [7, 11) is 5.80. The number of anilines is 2. The first-order chi connectivity index (χ1) is 9.27. The van der Waals surface area contributed by atoms with E-state index in [-0.39, 0.29) is 5.82 Å². The van der Waals surface area contributed by atoms with Gasteiger partial charge < -0.3 is 0 Å². The average Bonchev–Trinajstić information content (AvgIpc) is 2.43. The lowest BCUT2D eigenvalue weighted by molar-refractivity contribution is 0.216. The van der Waals surface area contributed by atoms with E-state index in [9.17, 15) is 9.59 Å². The monoisotopic (exact) mass is 282 g/mol. The molecule has 0 spiro atoms. The van der Waals surface area contributed by atoms with Crippen LogP contribution in [0.25, 0.3) is 0 Å². The Hall–Kier alpha value is -2.46. The zero-order valence-electron chi connectivity index (χ0n) is 11.8. The molecule has 0 aliphatic heterocycles. The van der Waals surface area contributed by atoms with Gasteiger partial charge in [-0.15, -0.1) is 0 Å². The third-order valence-electron chi connectivity index (χ3n) is 2.53. The van der Waals surface area contributed by atoms with Crippen LogP contribution in [0, 0.1) is 0 Å². The molecule has 0 aliphatic rings. The molecule has 1 rings (SSSR count). The Morgan fingerprint density at radius 1 is 1.00 bits per heavy atom. The Kier molecular flexibility index (Phi) is 4.78. The lowest BCUT2D eigenvalue weighted by atomic mass is 10.4. The van der Waals surface area contributed by atoms with Crippen LogP contribution in [0.1, 0.15) is 0 Å². The second-order valence-corrected chi connectivity index (χ2v) is 4.14. The van der Waals surface area contributed by atoms with Crippen LogP contribution in [-0.2, 0) is 0 Å². The number of carbonyl (C=O) groups is 2. The van der Waals surface area contributed by atoms with Crippen LogP contribution < -0.4 is 21.5 Å². The van der Waals surface area contributed by atoms with E-state index in [1.165, 1.54) is 50.5 Å². The number of rotatable bonds is 2. The molecule has 1 heterocycles. The van der Waals surface area contributed by atoms with Crippen LogP contribution in [-0.4, -0.2) is 60.2 Å². The fraction of sp³-hybridized carbons (Fsp3) is 0.400. The summed E-state index contributed by atoms with van der Waals surface area (Å²) in [5.74, 6) is 11.0. The summed E-state index contributed by atoms with van der Waals surface area (Å²) in [5.41, 5.74) is 0.326. The first-order valence-corrected chi connectivity index (χ1v) is 5.59. The number of hydrogen-bond donors (Lipinski definition) is 2. The molecule has 0 aliphatic carbocycles. The number of amides is 4. The lowest BCUT2D eigenvalue weighted by Crippen LogP contribution is -2.45. The zero-order chi connectivity index (χ0) is 15.4. The molecule has 20 heavy (non-hydrogen) atoms. The molecule has 0 fully saturated rings. The Morgan fingerprint density at radius 2 is 1.50 bits per heavy atom. The Labute approximate surface area is 116 Å². The normalized spacial score (nSPS) is 9.90. The third-order valence-corrected chi connectivity index (χ3v) is 2.53. The summed E-state index contributed by atoms with van der Waals surface area (Å²) < 4.78 is 0. The van der Waals surface area contributed by atoms with E-state index >= 15 is 0 Å². The third kappa shape index (κ3) is 3.10. The minimum absolute atomic E-state index is 0.236. The molecule has 0 bridgehead atoms. The topological polar surface area (TPSA) is 125 Å². The fourth-order valence-corrected chi connectivity index (χ4v) is 1.48. The quantitative estimate of drug-likeness (QED) is 0.415. The maximum atomic E-state index is 11.9. The predicted molar refractivity (Wildman–Crippen MR) is 73.5 cm³/mol. The largest absolute Gasteiger partial charge is 0.339 e. The van der Waals surface area contributed by atoms with E-state index in [1.807, 2.05) is 0 Å². The van der Waals surface area contributed by atoms with Gasteiger partial charge in [0.2, 0.25) is 0 Å². The molecule has 1 aromatic rings. The first kappa shape index (κ1) is 15.6. The maximum absolute atomic E-state index is 11.9. The van der Waals surface area contributed by atoms with E-state index in [4.69, 9.17) is 11.7 Å². The number of aromatic nitrogens is 2. The Morgan fingerprint density at radius 3 is 2.00 bits per heavy atom. The van der Waals surface area contributed by atoms with Gasteiger partial charge in [0.05, 0.1) is 6.20 Å². The van der Waals surface area contributed by atoms with Crippen molar-refractivity contribution in [1.29, 1.82) is 0 Å². The minimum atomic E-state index is -0.494. The molecule has 10 heteroatoms. The van der Waals surface area contributed by atoms with Gasteiger partial charge in [0, 0.05) is 28.2 Å². The zero-order valence-corrected chi connectivity index (χ0v) is 11.8. The molecular weight excluding hydrogens is 264 g/mol. The molecule has 0 atom stereocenters. The van der Waals surface area contributed by atoms with Crippen LogP contribution in [0.3, 0.4) is 0 Å². The van der Waals surface area contributed by atoms with Crippen molar-refractivity contribution in [2.45, 2.75) is 0 Å². The number of nitrogens with two attached hydrogens (primary N) is 2. The highest BCUT2D eigenvalue weighted by molar-refractivity contribution is 5.98. The van der Waals surface area contributed by atoms with Gasteiger partial charge in [-0.1, -0.05) is 0 Å². The van der Waals surface area contributed by atoms with E-state index in [1.54, 1.807) is 0 Å². The summed E-state index contributed by atoms with van der Waals surface area (Å²) in [6.45, 7) is 0. The first-order valence-electron chi connectivity index (χ1n) is 5.59. The van der Waals surface area contributed by atoms with Crippen LogP contribution in [0.2, 0.25) is 0 Å². The number of urea groups is 2. The van der Waals surface area contributed by atoms with Crippen molar-refractivity contribution in [1.82, 2.24) is 20.0 Å². The van der Waals surface area contributed by atoms with Gasteiger partial charge in [-0.2, -0.15) is 0 Å². The van der Waals surface area contributed by atoms with Gasteiger partial charge in [0.1, 0.15) is 12.0 Å². The molecule has 0 radical (unpaired) electrons. The molecular formula is C10H18N8O2. The van der Waals surface area contributed by atoms with Gasteiger partial charge in [-0.3, -0.25) is 19.8 Å². The summed E-state index contributed by atoms with van der Waals surface area (Å²) in [5, 5.41) is 1.82. The van der Waals surface area contributed by atoms with Crippen molar-refractivity contribution < 1.29 is 9.59 Å². The van der Waals surface area contributed by atoms with Gasteiger partial charge in [0.15, 0.2) is 5.82 Å². The van der Waals surface area contributed by atoms with Crippen molar-refractivity contribution in [2.24, 2.45) is 11.7 Å². The van der Waals surface area contributed by atoms with Crippen LogP contribution in [0.15, 0.2) is 12.5 Å². The fourth-order valence-electron chi connectivity index (χ4n) is 1.48. The second-order valence-electron chi connectivity index (χ2n) is 4.14. The van der Waals surface area contributed by atoms with E-state index < -0.39 is 12.1 Å². The van der Waals surface area contributed by atoms with Gasteiger partial charge >= 0.3 is 12.1 Å². The lowest BCUT2D eigenvalue weighted by Gasteiger charge is -2.26. The molecule has 0 saturated carbocycles. The van der Waals surface area contributed by atoms with Crippen molar-refractivity contribution in [3.8, 4) is 0 Å². The van der Waals surface area contributed by atoms with Crippen LogP contribution >= 0.6 is 0 Å². The van der Waals surface area contributed by atoms with Crippen molar-refractivity contribution in [3.05, 3.63) is 12.5 Å². The SMILES string of the molecule is CN(N)C(=O)N(C)c1cncnc1N(C)C(=O)N(C)N. The van der Waals surface area contributed by atoms with E-state index in [2.05, 4.69) is 9.97 Å². The average molecular weight is 282 g/mol.